The van der Waals surface area contributed by atoms with E-state index in [-0.39, 0.29) is 29.8 Å². The molecule has 1 rings (SSSR count). The van der Waals surface area contributed by atoms with Crippen LogP contribution in [0.15, 0.2) is 0 Å². The quantitative estimate of drug-likeness (QED) is 0.739. The predicted octanol–water partition coefficient (Wildman–Crippen LogP) is 0.591. The van der Waals surface area contributed by atoms with E-state index in [0.29, 0.717) is 12.3 Å². The summed E-state index contributed by atoms with van der Waals surface area (Å²) in [7, 11) is 0. The Kier molecular flexibility index (Phi) is 5.23. The lowest BCUT2D eigenvalue weighted by atomic mass is 10.1. The summed E-state index contributed by atoms with van der Waals surface area (Å²) in [6.45, 7) is 1.83. The maximum Gasteiger partial charge on any atom is 0.327 e. The molecule has 1 amide bonds. The van der Waals surface area contributed by atoms with E-state index in [1.165, 1.54) is 11.8 Å². The molecule has 0 aromatic heterocycles. The normalized spacial score (nSPS) is 20.6. The van der Waals surface area contributed by atoms with Crippen LogP contribution in [-0.2, 0) is 14.4 Å². The number of carbonyl (C=O) groups excluding carboxylic acids is 2. The Labute approximate surface area is 110 Å². The van der Waals surface area contributed by atoms with E-state index in [2.05, 4.69) is 5.92 Å². The molecule has 0 spiro atoms. The van der Waals surface area contributed by atoms with Crippen LogP contribution in [0.3, 0.4) is 0 Å². The molecule has 98 valence electrons. The zero-order chi connectivity index (χ0) is 13.7. The number of hydrogen-bond donors (Lipinski definition) is 1. The van der Waals surface area contributed by atoms with Crippen LogP contribution in [-0.4, -0.2) is 45.3 Å². The molecule has 0 bridgehead atoms. The molecule has 1 saturated heterocycles. The predicted molar refractivity (Wildman–Crippen MR) is 67.8 cm³/mol. The third-order valence-corrected chi connectivity index (χ3v) is 3.78. The van der Waals surface area contributed by atoms with Crippen LogP contribution < -0.4 is 0 Å². The fourth-order valence-electron chi connectivity index (χ4n) is 1.90. The molecule has 1 heterocycles. The van der Waals surface area contributed by atoms with Crippen molar-refractivity contribution >= 4 is 28.8 Å². The molecule has 1 fully saturated rings. The van der Waals surface area contributed by atoms with Gasteiger partial charge in [-0.2, -0.15) is 0 Å². The Morgan fingerprint density at radius 1 is 1.67 bits per heavy atom. The highest BCUT2D eigenvalue weighted by molar-refractivity contribution is 8.13. The highest BCUT2D eigenvalue weighted by atomic mass is 32.2. The molecule has 1 unspecified atom stereocenters. The first-order valence-electron chi connectivity index (χ1n) is 5.54. The lowest BCUT2D eigenvalue weighted by Gasteiger charge is -2.22. The van der Waals surface area contributed by atoms with Gasteiger partial charge in [0.15, 0.2) is 5.12 Å². The SMILES string of the molecule is C#CC[C@@H](C(=O)O)N1CC(CSC(C)=O)CC1=O. The number of nitrogens with zero attached hydrogens (tertiary/aromatic N) is 1. The van der Waals surface area contributed by atoms with Gasteiger partial charge in [-0.25, -0.2) is 4.79 Å². The van der Waals surface area contributed by atoms with Crippen molar-refractivity contribution in [1.29, 1.82) is 0 Å². The Morgan fingerprint density at radius 3 is 2.83 bits per heavy atom. The lowest BCUT2D eigenvalue weighted by molar-refractivity contribution is -0.148. The van der Waals surface area contributed by atoms with Gasteiger partial charge < -0.3 is 10.0 Å². The highest BCUT2D eigenvalue weighted by Crippen LogP contribution is 2.25. The van der Waals surface area contributed by atoms with Crippen molar-refractivity contribution in [3.8, 4) is 12.3 Å². The number of carboxylic acid groups (broad SMARTS) is 1. The monoisotopic (exact) mass is 269 g/mol. The number of hydrogen-bond acceptors (Lipinski definition) is 4. The molecule has 5 nitrogen and oxygen atoms in total. The van der Waals surface area contributed by atoms with Crippen LogP contribution >= 0.6 is 11.8 Å². The zero-order valence-corrected chi connectivity index (χ0v) is 10.9. The molecular weight excluding hydrogens is 254 g/mol. The Balaban J connectivity index is 2.63. The summed E-state index contributed by atoms with van der Waals surface area (Å²) in [4.78, 5) is 35.0. The minimum Gasteiger partial charge on any atom is -0.480 e. The molecule has 0 aromatic rings. The van der Waals surface area contributed by atoms with Gasteiger partial charge in [-0.1, -0.05) is 11.8 Å². The summed E-state index contributed by atoms with van der Waals surface area (Å²) in [5, 5.41) is 9.04. The molecule has 0 radical (unpaired) electrons. The van der Waals surface area contributed by atoms with Gasteiger partial charge in [0, 0.05) is 32.1 Å². The largest absolute Gasteiger partial charge is 0.480 e. The second kappa shape index (κ2) is 6.45. The van der Waals surface area contributed by atoms with E-state index in [4.69, 9.17) is 11.5 Å². The van der Waals surface area contributed by atoms with Crippen LogP contribution in [0.25, 0.3) is 0 Å². The van der Waals surface area contributed by atoms with Gasteiger partial charge >= 0.3 is 5.97 Å². The van der Waals surface area contributed by atoms with E-state index < -0.39 is 12.0 Å². The molecule has 0 aliphatic carbocycles. The first-order valence-corrected chi connectivity index (χ1v) is 6.53. The van der Waals surface area contributed by atoms with Crippen molar-refractivity contribution in [2.75, 3.05) is 12.3 Å². The number of likely N-dealkylation sites (tertiary alicyclic amines) is 1. The van der Waals surface area contributed by atoms with Crippen molar-refractivity contribution in [2.24, 2.45) is 5.92 Å². The second-order valence-corrected chi connectivity index (χ2v) is 5.38. The Bertz CT molecular complexity index is 401. The summed E-state index contributed by atoms with van der Waals surface area (Å²) in [5.41, 5.74) is 0. The third kappa shape index (κ3) is 3.77. The average molecular weight is 269 g/mol. The standard InChI is InChI=1S/C12H15NO4S/c1-3-4-10(12(16)17)13-6-9(5-11(13)15)7-18-8(2)14/h1,9-10H,4-7H2,2H3,(H,16,17)/t9?,10-/m0/s1. The van der Waals surface area contributed by atoms with Crippen molar-refractivity contribution in [2.45, 2.75) is 25.8 Å². The van der Waals surface area contributed by atoms with Crippen molar-refractivity contribution in [3.63, 3.8) is 0 Å². The molecule has 1 aliphatic heterocycles. The smallest absolute Gasteiger partial charge is 0.327 e. The number of rotatable bonds is 5. The average Bonchev–Trinajstić information content (AvgIpc) is 2.64. The molecule has 0 aromatic carbocycles. The maximum absolute atomic E-state index is 11.7. The van der Waals surface area contributed by atoms with Gasteiger partial charge in [0.1, 0.15) is 6.04 Å². The lowest BCUT2D eigenvalue weighted by Crippen LogP contribution is -2.42. The number of aliphatic carboxylic acids is 1. The van der Waals surface area contributed by atoms with Crippen LogP contribution in [0.4, 0.5) is 0 Å². The number of amides is 1. The van der Waals surface area contributed by atoms with Gasteiger partial charge in [-0.15, -0.1) is 12.3 Å². The van der Waals surface area contributed by atoms with Crippen LogP contribution in [0.1, 0.15) is 19.8 Å². The summed E-state index contributed by atoms with van der Waals surface area (Å²) in [6.07, 6.45) is 5.41. The molecule has 18 heavy (non-hydrogen) atoms. The summed E-state index contributed by atoms with van der Waals surface area (Å²) in [6, 6.07) is -0.949. The van der Waals surface area contributed by atoms with Gasteiger partial charge in [0.2, 0.25) is 5.91 Å². The van der Waals surface area contributed by atoms with Crippen LogP contribution in [0, 0.1) is 18.3 Å². The van der Waals surface area contributed by atoms with Gasteiger partial charge in [0.25, 0.3) is 0 Å². The van der Waals surface area contributed by atoms with Gasteiger partial charge in [0.05, 0.1) is 0 Å². The number of thioether (sulfide) groups is 1. The van der Waals surface area contributed by atoms with E-state index in [0.717, 1.165) is 11.8 Å². The molecular formula is C12H15NO4S. The summed E-state index contributed by atoms with van der Waals surface area (Å²) >= 11 is 1.16. The number of carboxylic acids is 1. The minimum absolute atomic E-state index is 0.000640. The van der Waals surface area contributed by atoms with Gasteiger partial charge in [-0.05, 0) is 5.92 Å². The van der Waals surface area contributed by atoms with Gasteiger partial charge in [-0.3, -0.25) is 9.59 Å². The van der Waals surface area contributed by atoms with Crippen molar-refractivity contribution in [1.82, 2.24) is 4.90 Å². The van der Waals surface area contributed by atoms with E-state index >= 15 is 0 Å². The fourth-order valence-corrected chi connectivity index (χ4v) is 2.59. The van der Waals surface area contributed by atoms with E-state index in [1.807, 2.05) is 0 Å². The summed E-state index contributed by atoms with van der Waals surface area (Å²) < 4.78 is 0. The fraction of sp³-hybridized carbons (Fsp3) is 0.583. The number of terminal acetylenes is 1. The zero-order valence-electron chi connectivity index (χ0n) is 10.1. The highest BCUT2D eigenvalue weighted by Gasteiger charge is 2.37. The van der Waals surface area contributed by atoms with Crippen molar-refractivity contribution < 1.29 is 19.5 Å². The first-order chi connectivity index (χ1) is 8.45. The Hall–Kier alpha value is -1.48. The van der Waals surface area contributed by atoms with Crippen LogP contribution in [0.5, 0.6) is 0 Å². The molecule has 0 saturated carbocycles. The van der Waals surface area contributed by atoms with Crippen molar-refractivity contribution in [3.05, 3.63) is 0 Å². The topological polar surface area (TPSA) is 74.7 Å². The van der Waals surface area contributed by atoms with Crippen LogP contribution in [0.2, 0.25) is 0 Å². The van der Waals surface area contributed by atoms with E-state index in [9.17, 15) is 14.4 Å². The maximum atomic E-state index is 11.7. The summed E-state index contributed by atoms with van der Waals surface area (Å²) in [5.74, 6) is 1.55. The second-order valence-electron chi connectivity index (χ2n) is 4.18. The first kappa shape index (κ1) is 14.6. The molecule has 2 atom stereocenters. The Morgan fingerprint density at radius 2 is 2.33 bits per heavy atom. The van der Waals surface area contributed by atoms with E-state index in [1.54, 1.807) is 0 Å². The molecule has 6 heteroatoms. The molecule has 1 aliphatic rings. The minimum atomic E-state index is -1.08. The third-order valence-electron chi connectivity index (χ3n) is 2.73. The number of carbonyl (C=O) groups is 3. The molecule has 1 N–H and O–H groups in total.